The highest BCUT2D eigenvalue weighted by molar-refractivity contribution is 9.11. The first kappa shape index (κ1) is 14.7. The lowest BCUT2D eigenvalue weighted by Gasteiger charge is -2.20. The zero-order valence-electron chi connectivity index (χ0n) is 11.3. The molecule has 0 spiro atoms. The average Bonchev–Trinajstić information content (AvgIpc) is 2.69. The van der Waals surface area contributed by atoms with E-state index in [0.717, 1.165) is 21.5 Å². The Hall–Kier alpha value is -0.710. The summed E-state index contributed by atoms with van der Waals surface area (Å²) in [6.07, 6.45) is 0. The topological polar surface area (TPSA) is 12.0 Å². The minimum Gasteiger partial charge on any atom is -0.306 e. The van der Waals surface area contributed by atoms with Crippen molar-refractivity contribution in [1.29, 1.82) is 0 Å². The minimum atomic E-state index is -0.185. The van der Waals surface area contributed by atoms with E-state index in [1.807, 2.05) is 13.0 Å². The summed E-state index contributed by atoms with van der Waals surface area (Å²) in [5, 5.41) is 3.46. The van der Waals surface area contributed by atoms with Crippen molar-refractivity contribution in [2.45, 2.75) is 26.8 Å². The molecule has 2 aromatic rings. The van der Waals surface area contributed by atoms with Crippen molar-refractivity contribution in [2.24, 2.45) is 0 Å². The first-order chi connectivity index (χ1) is 9.02. The molecule has 1 unspecified atom stereocenters. The largest absolute Gasteiger partial charge is 0.306 e. The number of nitrogens with one attached hydrogen (secondary N) is 1. The number of aryl methyl sites for hydroxylation is 2. The second kappa shape index (κ2) is 6.16. The fraction of sp³-hybridized carbons (Fsp3) is 0.333. The fourth-order valence-corrected chi connectivity index (χ4v) is 4.01. The van der Waals surface area contributed by atoms with Gasteiger partial charge in [0.2, 0.25) is 0 Å². The van der Waals surface area contributed by atoms with Crippen molar-refractivity contribution >= 4 is 27.3 Å². The first-order valence-corrected chi connectivity index (χ1v) is 7.89. The van der Waals surface area contributed by atoms with Gasteiger partial charge in [0.15, 0.2) is 0 Å². The normalized spacial score (nSPS) is 12.7. The van der Waals surface area contributed by atoms with Crippen molar-refractivity contribution < 1.29 is 4.39 Å². The van der Waals surface area contributed by atoms with E-state index in [9.17, 15) is 4.39 Å². The highest BCUT2D eigenvalue weighted by Gasteiger charge is 2.19. The molecule has 1 aromatic heterocycles. The molecule has 1 N–H and O–H groups in total. The molecule has 1 aromatic carbocycles. The Morgan fingerprint density at radius 2 is 2.00 bits per heavy atom. The summed E-state index contributed by atoms with van der Waals surface area (Å²) >= 11 is 5.24. The van der Waals surface area contributed by atoms with Gasteiger partial charge in [-0.1, -0.05) is 13.0 Å². The van der Waals surface area contributed by atoms with Gasteiger partial charge < -0.3 is 5.32 Å². The summed E-state index contributed by atoms with van der Waals surface area (Å²) in [5.41, 5.74) is 3.33. The van der Waals surface area contributed by atoms with Crippen LogP contribution in [0.25, 0.3) is 0 Å². The minimum absolute atomic E-state index is 0.0447. The van der Waals surface area contributed by atoms with Crippen LogP contribution in [0.1, 0.15) is 34.5 Å². The van der Waals surface area contributed by atoms with Crippen LogP contribution >= 0.6 is 27.3 Å². The maximum Gasteiger partial charge on any atom is 0.123 e. The molecule has 4 heteroatoms. The maximum atomic E-state index is 13.5. The van der Waals surface area contributed by atoms with Crippen LogP contribution in [0.3, 0.4) is 0 Å². The number of thiophene rings is 1. The Morgan fingerprint density at radius 3 is 2.58 bits per heavy atom. The Bertz CT molecular complexity index is 580. The molecule has 102 valence electrons. The van der Waals surface area contributed by atoms with Gasteiger partial charge >= 0.3 is 0 Å². The van der Waals surface area contributed by atoms with Crippen LogP contribution in [-0.4, -0.2) is 6.54 Å². The molecule has 0 aliphatic heterocycles. The number of halogens is 2. The van der Waals surface area contributed by atoms with E-state index < -0.39 is 0 Å². The quantitative estimate of drug-likeness (QED) is 0.828. The summed E-state index contributed by atoms with van der Waals surface area (Å²) in [6, 6.07) is 7.15. The molecule has 19 heavy (non-hydrogen) atoms. The molecule has 0 amide bonds. The molecular weight excluding hydrogens is 325 g/mol. The van der Waals surface area contributed by atoms with Crippen LogP contribution in [-0.2, 0) is 0 Å². The van der Waals surface area contributed by atoms with Crippen molar-refractivity contribution in [3.8, 4) is 0 Å². The fourth-order valence-electron chi connectivity index (χ4n) is 2.26. The van der Waals surface area contributed by atoms with E-state index in [1.165, 1.54) is 16.5 Å². The van der Waals surface area contributed by atoms with Crippen LogP contribution in [0, 0.1) is 19.7 Å². The van der Waals surface area contributed by atoms with Gasteiger partial charge in [0, 0.05) is 4.88 Å². The van der Waals surface area contributed by atoms with Gasteiger partial charge in [-0.25, -0.2) is 4.39 Å². The zero-order valence-corrected chi connectivity index (χ0v) is 13.7. The van der Waals surface area contributed by atoms with Gasteiger partial charge in [0.25, 0.3) is 0 Å². The summed E-state index contributed by atoms with van der Waals surface area (Å²) in [7, 11) is 0. The van der Waals surface area contributed by atoms with Crippen molar-refractivity contribution in [3.63, 3.8) is 0 Å². The summed E-state index contributed by atoms with van der Waals surface area (Å²) in [6.45, 7) is 7.03. The Kier molecular flexibility index (Phi) is 4.76. The molecule has 1 heterocycles. The lowest BCUT2D eigenvalue weighted by atomic mass is 9.95. The molecule has 0 radical (unpaired) electrons. The van der Waals surface area contributed by atoms with Crippen LogP contribution in [0.2, 0.25) is 0 Å². The van der Waals surface area contributed by atoms with E-state index >= 15 is 0 Å². The molecule has 1 atom stereocenters. The Balaban J connectivity index is 2.51. The summed E-state index contributed by atoms with van der Waals surface area (Å²) in [4.78, 5) is 1.25. The molecule has 0 aliphatic carbocycles. The molecule has 2 rings (SSSR count). The van der Waals surface area contributed by atoms with Crippen LogP contribution in [0.5, 0.6) is 0 Å². The predicted molar refractivity (Wildman–Crippen MR) is 83.4 cm³/mol. The van der Waals surface area contributed by atoms with Gasteiger partial charge in [0.05, 0.1) is 9.83 Å². The van der Waals surface area contributed by atoms with Crippen molar-refractivity contribution in [3.05, 3.63) is 55.4 Å². The third kappa shape index (κ3) is 3.25. The zero-order chi connectivity index (χ0) is 14.0. The summed E-state index contributed by atoms with van der Waals surface area (Å²) < 4.78 is 14.6. The number of rotatable bonds is 4. The smallest absolute Gasteiger partial charge is 0.123 e. The highest BCUT2D eigenvalue weighted by atomic mass is 79.9. The third-order valence-electron chi connectivity index (χ3n) is 3.20. The molecule has 0 bridgehead atoms. The number of hydrogen-bond acceptors (Lipinski definition) is 2. The van der Waals surface area contributed by atoms with E-state index in [2.05, 4.69) is 41.2 Å². The van der Waals surface area contributed by atoms with Crippen LogP contribution < -0.4 is 5.32 Å². The second-order valence-corrected chi connectivity index (χ2v) is 7.19. The third-order valence-corrected chi connectivity index (χ3v) is 4.77. The molecule has 1 nitrogen and oxygen atoms in total. The van der Waals surface area contributed by atoms with E-state index in [4.69, 9.17) is 0 Å². The predicted octanol–water partition coefficient (Wildman–Crippen LogP) is 4.97. The average molecular weight is 342 g/mol. The van der Waals surface area contributed by atoms with Gasteiger partial charge in [-0.3, -0.25) is 0 Å². The highest BCUT2D eigenvalue weighted by Crippen LogP contribution is 2.34. The van der Waals surface area contributed by atoms with Crippen molar-refractivity contribution in [2.75, 3.05) is 6.54 Å². The van der Waals surface area contributed by atoms with E-state index in [1.54, 1.807) is 17.4 Å². The van der Waals surface area contributed by atoms with Gasteiger partial charge in [-0.05, 0) is 71.2 Å². The second-order valence-electron chi connectivity index (χ2n) is 4.55. The maximum absolute atomic E-state index is 13.5. The van der Waals surface area contributed by atoms with E-state index in [-0.39, 0.29) is 11.9 Å². The lowest BCUT2D eigenvalue weighted by Crippen LogP contribution is -2.23. The molecular formula is C15H17BrFNS. The molecule has 0 saturated heterocycles. The monoisotopic (exact) mass is 341 g/mol. The van der Waals surface area contributed by atoms with E-state index in [0.29, 0.717) is 0 Å². The van der Waals surface area contributed by atoms with Gasteiger partial charge in [-0.2, -0.15) is 0 Å². The van der Waals surface area contributed by atoms with Gasteiger partial charge in [0.1, 0.15) is 5.82 Å². The first-order valence-electron chi connectivity index (χ1n) is 6.28. The SMILES string of the molecule is CCNC(c1cc(F)ccc1C)c1cc(Br)sc1C. The van der Waals surface area contributed by atoms with Gasteiger partial charge in [-0.15, -0.1) is 11.3 Å². The Morgan fingerprint density at radius 1 is 1.26 bits per heavy atom. The molecule has 0 saturated carbocycles. The lowest BCUT2D eigenvalue weighted by molar-refractivity contribution is 0.600. The number of benzene rings is 1. The van der Waals surface area contributed by atoms with Crippen molar-refractivity contribution in [1.82, 2.24) is 5.32 Å². The number of hydrogen-bond donors (Lipinski definition) is 1. The molecule has 0 aliphatic rings. The summed E-state index contributed by atoms with van der Waals surface area (Å²) in [5.74, 6) is -0.185. The standard InChI is InChI=1S/C15H17BrFNS/c1-4-18-15(13-8-14(16)19-10(13)3)12-7-11(17)6-5-9(12)2/h5-8,15,18H,4H2,1-3H3. The molecule has 0 fully saturated rings. The van der Waals surface area contributed by atoms with Crippen LogP contribution in [0.4, 0.5) is 4.39 Å². The Labute approximate surface area is 126 Å². The van der Waals surface area contributed by atoms with Crippen LogP contribution in [0.15, 0.2) is 28.1 Å².